The van der Waals surface area contributed by atoms with E-state index in [1.807, 2.05) is 10.3 Å². The minimum Gasteiger partial charge on any atom is -0.342 e. The van der Waals surface area contributed by atoms with Crippen LogP contribution in [0.15, 0.2) is 33.5 Å². The number of aryl methyl sites for hydroxylation is 2. The first kappa shape index (κ1) is 19.2. The first-order chi connectivity index (χ1) is 13.5. The summed E-state index contributed by atoms with van der Waals surface area (Å²) in [4.78, 5) is 32.7. The van der Waals surface area contributed by atoms with Gasteiger partial charge >= 0.3 is 0 Å². The maximum Gasteiger partial charge on any atom is 0.263 e. The van der Waals surface area contributed by atoms with Crippen LogP contribution in [0.25, 0.3) is 21.3 Å². The standard InChI is InChI=1S/C21H23N3O2S2/c1-13-6-7-15(10-14(13)2)16-11-27-19-18(16)20(26)23(3)21(22-19)28-12-17(25)24-8-4-5-9-24/h6-7,10-11H,4-5,8-9,12H2,1-3H3. The van der Waals surface area contributed by atoms with Crippen LogP contribution < -0.4 is 5.56 Å². The van der Waals surface area contributed by atoms with E-state index in [9.17, 15) is 9.59 Å². The monoisotopic (exact) mass is 413 g/mol. The lowest BCUT2D eigenvalue weighted by atomic mass is 10.0. The zero-order valence-corrected chi connectivity index (χ0v) is 18.0. The van der Waals surface area contributed by atoms with E-state index in [0.29, 0.717) is 16.3 Å². The Balaban J connectivity index is 1.66. The van der Waals surface area contributed by atoms with Crippen LogP contribution in [-0.4, -0.2) is 39.2 Å². The summed E-state index contributed by atoms with van der Waals surface area (Å²) in [5.74, 6) is 0.445. The molecule has 0 radical (unpaired) electrons. The van der Waals surface area contributed by atoms with Crippen LogP contribution in [0.4, 0.5) is 0 Å². The van der Waals surface area contributed by atoms with Crippen molar-refractivity contribution in [2.45, 2.75) is 31.8 Å². The molecule has 1 amide bonds. The number of carbonyl (C=O) groups is 1. The molecule has 0 atom stereocenters. The van der Waals surface area contributed by atoms with Gasteiger partial charge in [-0.1, -0.05) is 30.0 Å². The Labute approximate surface area is 172 Å². The number of thiophene rings is 1. The number of hydrogen-bond acceptors (Lipinski definition) is 5. The quantitative estimate of drug-likeness (QED) is 0.479. The normalized spacial score (nSPS) is 14.2. The third kappa shape index (κ3) is 3.49. The summed E-state index contributed by atoms with van der Waals surface area (Å²) >= 11 is 2.83. The van der Waals surface area contributed by atoms with Crippen LogP contribution in [0.2, 0.25) is 0 Å². The van der Waals surface area contributed by atoms with Gasteiger partial charge < -0.3 is 4.90 Å². The zero-order valence-electron chi connectivity index (χ0n) is 16.3. The predicted octanol–water partition coefficient (Wildman–Crippen LogP) is 3.99. The van der Waals surface area contributed by atoms with Crippen molar-refractivity contribution in [1.82, 2.24) is 14.5 Å². The number of hydrogen-bond donors (Lipinski definition) is 0. The average molecular weight is 414 g/mol. The summed E-state index contributed by atoms with van der Waals surface area (Å²) in [6.45, 7) is 5.85. The number of fused-ring (bicyclic) bond motifs is 1. The summed E-state index contributed by atoms with van der Waals surface area (Å²) in [5.41, 5.74) is 4.35. The first-order valence-electron chi connectivity index (χ1n) is 9.42. The topological polar surface area (TPSA) is 55.2 Å². The number of rotatable bonds is 4. The number of amides is 1. The number of nitrogens with zero attached hydrogens (tertiary/aromatic N) is 3. The number of thioether (sulfide) groups is 1. The molecule has 4 rings (SSSR count). The van der Waals surface area contributed by atoms with E-state index < -0.39 is 0 Å². The summed E-state index contributed by atoms with van der Waals surface area (Å²) in [5, 5.41) is 3.26. The van der Waals surface area contributed by atoms with Crippen molar-refractivity contribution in [1.29, 1.82) is 0 Å². The van der Waals surface area contributed by atoms with Gasteiger partial charge in [-0.15, -0.1) is 11.3 Å². The van der Waals surface area contributed by atoms with Crippen molar-refractivity contribution in [3.8, 4) is 11.1 Å². The summed E-state index contributed by atoms with van der Waals surface area (Å²) in [6.07, 6.45) is 2.16. The van der Waals surface area contributed by atoms with Crippen molar-refractivity contribution in [2.75, 3.05) is 18.8 Å². The molecule has 146 valence electrons. The Morgan fingerprint density at radius 2 is 1.96 bits per heavy atom. The second-order valence-corrected chi connectivity index (χ2v) is 9.06. The second-order valence-electron chi connectivity index (χ2n) is 7.26. The van der Waals surface area contributed by atoms with Gasteiger partial charge in [0.2, 0.25) is 5.91 Å². The van der Waals surface area contributed by atoms with Crippen molar-refractivity contribution >= 4 is 39.2 Å². The Hall–Kier alpha value is -2.12. The van der Waals surface area contributed by atoms with E-state index in [-0.39, 0.29) is 11.5 Å². The summed E-state index contributed by atoms with van der Waals surface area (Å²) < 4.78 is 1.57. The molecule has 3 heterocycles. The van der Waals surface area contributed by atoms with E-state index >= 15 is 0 Å². The second kappa shape index (κ2) is 7.72. The SMILES string of the molecule is Cc1ccc(-c2csc3nc(SCC(=O)N4CCCC4)n(C)c(=O)c23)cc1C. The number of aromatic nitrogens is 2. The van der Waals surface area contributed by atoms with E-state index in [2.05, 4.69) is 32.0 Å². The molecule has 0 N–H and O–H groups in total. The van der Waals surface area contributed by atoms with Crippen LogP contribution in [0.5, 0.6) is 0 Å². The van der Waals surface area contributed by atoms with Gasteiger partial charge in [0.15, 0.2) is 5.16 Å². The predicted molar refractivity (Wildman–Crippen MR) is 116 cm³/mol. The van der Waals surface area contributed by atoms with Gasteiger partial charge in [0.1, 0.15) is 4.83 Å². The van der Waals surface area contributed by atoms with Gasteiger partial charge in [-0.2, -0.15) is 0 Å². The van der Waals surface area contributed by atoms with E-state index in [1.165, 1.54) is 34.2 Å². The van der Waals surface area contributed by atoms with Crippen LogP contribution in [0.3, 0.4) is 0 Å². The summed E-state index contributed by atoms with van der Waals surface area (Å²) in [7, 11) is 1.74. The molecule has 1 aromatic carbocycles. The Morgan fingerprint density at radius 3 is 2.68 bits per heavy atom. The number of likely N-dealkylation sites (tertiary alicyclic amines) is 1. The Morgan fingerprint density at radius 1 is 1.21 bits per heavy atom. The molecule has 28 heavy (non-hydrogen) atoms. The molecule has 0 saturated carbocycles. The van der Waals surface area contributed by atoms with Gasteiger partial charge in [0, 0.05) is 31.1 Å². The number of carbonyl (C=O) groups excluding carboxylic acids is 1. The largest absolute Gasteiger partial charge is 0.342 e. The smallest absolute Gasteiger partial charge is 0.263 e. The van der Waals surface area contributed by atoms with Gasteiger partial charge in [0.25, 0.3) is 5.56 Å². The lowest BCUT2D eigenvalue weighted by Gasteiger charge is -2.15. The fourth-order valence-corrected chi connectivity index (χ4v) is 5.35. The zero-order chi connectivity index (χ0) is 19.8. The first-order valence-corrected chi connectivity index (χ1v) is 11.3. The molecule has 3 aromatic rings. The minimum atomic E-state index is -0.0596. The average Bonchev–Trinajstić information content (AvgIpc) is 3.35. The molecule has 5 nitrogen and oxygen atoms in total. The lowest BCUT2D eigenvalue weighted by molar-refractivity contribution is -0.127. The molecule has 0 spiro atoms. The Bertz CT molecular complexity index is 1110. The van der Waals surface area contributed by atoms with Crippen LogP contribution in [0, 0.1) is 13.8 Å². The van der Waals surface area contributed by atoms with Crippen LogP contribution in [-0.2, 0) is 11.8 Å². The fraction of sp³-hybridized carbons (Fsp3) is 0.381. The van der Waals surface area contributed by atoms with Gasteiger partial charge in [0.05, 0.1) is 11.1 Å². The maximum atomic E-state index is 13.1. The molecule has 1 fully saturated rings. The third-order valence-electron chi connectivity index (χ3n) is 5.38. The van der Waals surface area contributed by atoms with Crippen molar-refractivity contribution in [3.63, 3.8) is 0 Å². The molecular weight excluding hydrogens is 390 g/mol. The van der Waals surface area contributed by atoms with Crippen molar-refractivity contribution < 1.29 is 4.79 Å². The van der Waals surface area contributed by atoms with Crippen LogP contribution >= 0.6 is 23.1 Å². The molecule has 2 aromatic heterocycles. The maximum absolute atomic E-state index is 13.1. The highest BCUT2D eigenvalue weighted by Gasteiger charge is 2.20. The van der Waals surface area contributed by atoms with Crippen molar-refractivity contribution in [3.05, 3.63) is 45.1 Å². The molecular formula is C21H23N3O2S2. The molecule has 1 saturated heterocycles. The van der Waals surface area contributed by atoms with E-state index in [0.717, 1.165) is 41.9 Å². The fourth-order valence-electron chi connectivity index (χ4n) is 3.49. The van der Waals surface area contributed by atoms with Gasteiger partial charge in [-0.3, -0.25) is 14.2 Å². The highest BCUT2D eigenvalue weighted by Crippen LogP contribution is 2.33. The molecule has 0 aliphatic carbocycles. The summed E-state index contributed by atoms with van der Waals surface area (Å²) in [6, 6.07) is 6.26. The van der Waals surface area contributed by atoms with Crippen molar-refractivity contribution in [2.24, 2.45) is 7.05 Å². The Kier molecular flexibility index (Phi) is 5.29. The van der Waals surface area contributed by atoms with Gasteiger partial charge in [-0.25, -0.2) is 4.98 Å². The number of benzene rings is 1. The lowest BCUT2D eigenvalue weighted by Crippen LogP contribution is -2.29. The molecule has 0 bridgehead atoms. The minimum absolute atomic E-state index is 0.0596. The van der Waals surface area contributed by atoms with Crippen LogP contribution in [0.1, 0.15) is 24.0 Å². The van der Waals surface area contributed by atoms with Gasteiger partial charge in [-0.05, 0) is 43.4 Å². The third-order valence-corrected chi connectivity index (χ3v) is 7.26. The van der Waals surface area contributed by atoms with E-state index in [4.69, 9.17) is 4.98 Å². The molecule has 0 unspecified atom stereocenters. The molecule has 1 aliphatic rings. The highest BCUT2D eigenvalue weighted by molar-refractivity contribution is 7.99. The van der Waals surface area contributed by atoms with E-state index in [1.54, 1.807) is 11.6 Å². The molecule has 7 heteroatoms. The highest BCUT2D eigenvalue weighted by atomic mass is 32.2. The molecule has 1 aliphatic heterocycles.